The van der Waals surface area contributed by atoms with Crippen LogP contribution in [-0.4, -0.2) is 56.4 Å². The summed E-state index contributed by atoms with van der Waals surface area (Å²) in [6.07, 6.45) is 0.322. The number of H-pyrrole nitrogens is 1. The number of amides is 2. The topological polar surface area (TPSA) is 113 Å². The number of carbonyl (C=O) groups excluding carboxylic acids is 2. The Morgan fingerprint density at radius 1 is 0.951 bits per heavy atom. The maximum absolute atomic E-state index is 13.2. The van der Waals surface area contributed by atoms with E-state index in [4.69, 9.17) is 4.74 Å². The van der Waals surface area contributed by atoms with Crippen LogP contribution in [0, 0.1) is 11.8 Å². The first-order valence-corrected chi connectivity index (χ1v) is 14.3. The minimum Gasteiger partial charge on any atom is -0.445 e. The number of aromatic amines is 1. The summed E-state index contributed by atoms with van der Waals surface area (Å²) >= 11 is 4.35. The third kappa shape index (κ3) is 8.65. The Morgan fingerprint density at radius 2 is 1.66 bits per heavy atom. The van der Waals surface area contributed by atoms with Crippen molar-refractivity contribution < 1.29 is 14.3 Å². The molecule has 1 aromatic heterocycles. The van der Waals surface area contributed by atoms with Crippen molar-refractivity contribution in [2.45, 2.75) is 33.4 Å². The van der Waals surface area contributed by atoms with E-state index in [1.807, 2.05) is 78.9 Å². The van der Waals surface area contributed by atoms with Crippen LogP contribution in [-0.2, 0) is 22.7 Å². The summed E-state index contributed by atoms with van der Waals surface area (Å²) in [6.45, 7) is 5.30. The van der Waals surface area contributed by atoms with E-state index in [0.717, 1.165) is 34.2 Å². The molecule has 10 heteroatoms. The molecule has 2 amide bonds. The molecule has 1 atom stereocenters. The summed E-state index contributed by atoms with van der Waals surface area (Å²) in [4.78, 5) is 27.5. The normalized spacial score (nSPS) is 11.7. The van der Waals surface area contributed by atoms with Crippen molar-refractivity contribution in [3.05, 3.63) is 90.0 Å². The Labute approximate surface area is 246 Å². The molecule has 1 unspecified atom stereocenters. The van der Waals surface area contributed by atoms with E-state index in [0.29, 0.717) is 37.1 Å². The molecule has 4 aromatic rings. The molecule has 0 aliphatic carbocycles. The fourth-order valence-corrected chi connectivity index (χ4v) is 4.87. The van der Waals surface area contributed by atoms with Crippen molar-refractivity contribution in [2.24, 2.45) is 11.8 Å². The molecule has 0 aliphatic rings. The first-order chi connectivity index (χ1) is 19.9. The minimum absolute atomic E-state index is 0.0454. The number of aromatic nitrogens is 4. The molecule has 0 saturated heterocycles. The summed E-state index contributed by atoms with van der Waals surface area (Å²) in [7, 11) is 0. The van der Waals surface area contributed by atoms with Crippen LogP contribution in [0.15, 0.2) is 78.9 Å². The monoisotopic (exact) mass is 572 g/mol. The molecule has 0 radical (unpaired) electrons. The second kappa shape index (κ2) is 15.0. The molecule has 1 heterocycles. The van der Waals surface area contributed by atoms with E-state index in [1.165, 1.54) is 0 Å². The molecule has 41 heavy (non-hydrogen) atoms. The number of ether oxygens (including phenoxy) is 1. The maximum atomic E-state index is 13.2. The van der Waals surface area contributed by atoms with Crippen molar-refractivity contribution in [3.63, 3.8) is 0 Å². The highest BCUT2D eigenvalue weighted by molar-refractivity contribution is 7.80. The van der Waals surface area contributed by atoms with Gasteiger partial charge in [-0.3, -0.25) is 4.79 Å². The molecule has 3 aromatic carbocycles. The highest BCUT2D eigenvalue weighted by Crippen LogP contribution is 2.30. The van der Waals surface area contributed by atoms with Crippen LogP contribution in [0.5, 0.6) is 0 Å². The van der Waals surface area contributed by atoms with Gasteiger partial charge in [-0.25, -0.2) is 4.79 Å². The minimum atomic E-state index is -0.442. The predicted octanol–water partition coefficient (Wildman–Crippen LogP) is 5.38. The highest BCUT2D eigenvalue weighted by atomic mass is 32.1. The van der Waals surface area contributed by atoms with Gasteiger partial charge in [-0.05, 0) is 39.8 Å². The molecule has 0 spiro atoms. The van der Waals surface area contributed by atoms with Gasteiger partial charge in [0.25, 0.3) is 0 Å². The van der Waals surface area contributed by atoms with Gasteiger partial charge in [0, 0.05) is 36.9 Å². The Hall–Kier alpha value is -4.18. The molecular formula is C31H36N6O3S. The number of tetrazole rings is 1. The number of nitrogens with zero attached hydrogens (tertiary/aromatic N) is 4. The van der Waals surface area contributed by atoms with E-state index in [-0.39, 0.29) is 18.4 Å². The second-order valence-electron chi connectivity index (χ2n) is 10.2. The lowest BCUT2D eigenvalue weighted by molar-refractivity contribution is -0.124. The fraction of sp³-hybridized carbons (Fsp3) is 0.323. The van der Waals surface area contributed by atoms with Gasteiger partial charge in [-0.15, -0.1) is 10.2 Å². The standard InChI is InChI=1S/C31H36N6O3S/c1-22(2)18-26(21-41)30(38)32-16-17-37(31(39)40-20-24-8-4-3-5-9-24)19-23-12-14-25(15-13-23)27-10-6-7-11-28(27)29-33-35-36-34-29/h3-15,22,26,41H,16-21H2,1-2H3,(H,32,38)(H,33,34,35,36). The van der Waals surface area contributed by atoms with Crippen molar-refractivity contribution >= 4 is 24.6 Å². The smallest absolute Gasteiger partial charge is 0.410 e. The van der Waals surface area contributed by atoms with E-state index < -0.39 is 6.09 Å². The largest absolute Gasteiger partial charge is 0.445 e. The van der Waals surface area contributed by atoms with Crippen LogP contribution in [0.1, 0.15) is 31.4 Å². The molecule has 2 N–H and O–H groups in total. The van der Waals surface area contributed by atoms with Crippen LogP contribution >= 0.6 is 12.6 Å². The average Bonchev–Trinajstić information content (AvgIpc) is 3.54. The van der Waals surface area contributed by atoms with Crippen LogP contribution in [0.2, 0.25) is 0 Å². The van der Waals surface area contributed by atoms with E-state index in [1.54, 1.807) is 4.90 Å². The van der Waals surface area contributed by atoms with Gasteiger partial charge in [0.1, 0.15) is 6.61 Å². The lowest BCUT2D eigenvalue weighted by Crippen LogP contribution is -2.40. The van der Waals surface area contributed by atoms with Gasteiger partial charge >= 0.3 is 6.09 Å². The Morgan fingerprint density at radius 3 is 2.32 bits per heavy atom. The van der Waals surface area contributed by atoms with Gasteiger partial charge in [-0.1, -0.05) is 92.7 Å². The Balaban J connectivity index is 1.45. The van der Waals surface area contributed by atoms with Gasteiger partial charge < -0.3 is 15.0 Å². The highest BCUT2D eigenvalue weighted by Gasteiger charge is 2.20. The third-order valence-electron chi connectivity index (χ3n) is 6.64. The van der Waals surface area contributed by atoms with E-state index in [9.17, 15) is 9.59 Å². The number of rotatable bonds is 13. The SMILES string of the molecule is CC(C)CC(CS)C(=O)NCCN(Cc1ccc(-c2ccccc2-c2nn[nH]n2)cc1)C(=O)OCc1ccccc1. The number of thiol groups is 1. The van der Waals surface area contributed by atoms with Crippen LogP contribution < -0.4 is 5.32 Å². The lowest BCUT2D eigenvalue weighted by Gasteiger charge is -2.24. The zero-order valence-corrected chi connectivity index (χ0v) is 24.3. The third-order valence-corrected chi connectivity index (χ3v) is 7.08. The van der Waals surface area contributed by atoms with Crippen LogP contribution in [0.4, 0.5) is 4.79 Å². The molecular weight excluding hydrogens is 536 g/mol. The van der Waals surface area contributed by atoms with E-state index in [2.05, 4.69) is 52.4 Å². The molecule has 0 saturated carbocycles. The van der Waals surface area contributed by atoms with Crippen molar-refractivity contribution in [1.29, 1.82) is 0 Å². The van der Waals surface area contributed by atoms with Gasteiger partial charge in [-0.2, -0.15) is 17.8 Å². The number of carbonyl (C=O) groups is 2. The van der Waals surface area contributed by atoms with Crippen molar-refractivity contribution in [2.75, 3.05) is 18.8 Å². The summed E-state index contributed by atoms with van der Waals surface area (Å²) < 4.78 is 5.63. The first kappa shape index (κ1) is 29.8. The maximum Gasteiger partial charge on any atom is 0.410 e. The summed E-state index contributed by atoms with van der Waals surface area (Å²) in [6, 6.07) is 25.4. The number of nitrogens with one attached hydrogen (secondary N) is 2. The van der Waals surface area contributed by atoms with Gasteiger partial charge in [0.05, 0.1) is 0 Å². The van der Waals surface area contributed by atoms with Crippen molar-refractivity contribution in [3.8, 4) is 22.5 Å². The average molecular weight is 573 g/mol. The zero-order valence-electron chi connectivity index (χ0n) is 23.4. The van der Waals surface area contributed by atoms with Gasteiger partial charge in [0.2, 0.25) is 11.7 Å². The summed E-state index contributed by atoms with van der Waals surface area (Å²) in [5.41, 5.74) is 4.67. The Kier molecular flexibility index (Phi) is 10.9. The molecule has 0 bridgehead atoms. The molecule has 4 rings (SSSR count). The second-order valence-corrected chi connectivity index (χ2v) is 10.6. The quantitative estimate of drug-likeness (QED) is 0.185. The Bertz CT molecular complexity index is 1380. The fourth-order valence-electron chi connectivity index (χ4n) is 4.55. The van der Waals surface area contributed by atoms with Gasteiger partial charge in [0.15, 0.2) is 0 Å². The summed E-state index contributed by atoms with van der Waals surface area (Å²) in [5, 5.41) is 17.4. The molecule has 9 nitrogen and oxygen atoms in total. The lowest BCUT2D eigenvalue weighted by atomic mass is 9.98. The zero-order chi connectivity index (χ0) is 29.0. The molecule has 0 aliphatic heterocycles. The molecule has 0 fully saturated rings. The summed E-state index contributed by atoms with van der Waals surface area (Å²) in [5.74, 6) is 1.18. The number of hydrogen-bond acceptors (Lipinski definition) is 7. The van der Waals surface area contributed by atoms with E-state index >= 15 is 0 Å². The van der Waals surface area contributed by atoms with Crippen LogP contribution in [0.25, 0.3) is 22.5 Å². The molecule has 214 valence electrons. The first-order valence-electron chi connectivity index (χ1n) is 13.7. The number of hydrogen-bond donors (Lipinski definition) is 3. The van der Waals surface area contributed by atoms with Crippen molar-refractivity contribution in [1.82, 2.24) is 30.8 Å². The van der Waals surface area contributed by atoms with Crippen LogP contribution in [0.3, 0.4) is 0 Å². The number of benzene rings is 3. The predicted molar refractivity (Wildman–Crippen MR) is 162 cm³/mol.